The van der Waals surface area contributed by atoms with Crippen molar-refractivity contribution in [3.05, 3.63) is 95.2 Å². The molecule has 1 aromatic heterocycles. The van der Waals surface area contributed by atoms with E-state index in [2.05, 4.69) is 10.3 Å². The van der Waals surface area contributed by atoms with E-state index in [0.29, 0.717) is 12.2 Å². The Hall–Kier alpha value is -5.12. The molecule has 0 aliphatic carbocycles. The number of H-pyrrole nitrogens is 1. The van der Waals surface area contributed by atoms with E-state index in [-0.39, 0.29) is 23.6 Å². The summed E-state index contributed by atoms with van der Waals surface area (Å²) in [4.78, 5) is 59.9. The lowest BCUT2D eigenvalue weighted by Gasteiger charge is -2.36. The van der Waals surface area contributed by atoms with Crippen LogP contribution in [0.1, 0.15) is 53.5 Å². The number of para-hydroxylation sites is 2. The fourth-order valence-corrected chi connectivity index (χ4v) is 6.22. The fraction of sp³-hybridized carbons (Fsp3) is 0.273. The maximum Gasteiger partial charge on any atom is 0.332 e. The number of methoxy groups -OCH3 is 1. The second-order valence-electron chi connectivity index (χ2n) is 11.3. The van der Waals surface area contributed by atoms with Crippen LogP contribution in [-0.2, 0) is 16.0 Å². The van der Waals surface area contributed by atoms with Crippen molar-refractivity contribution < 1.29 is 29.0 Å². The van der Waals surface area contributed by atoms with Crippen molar-refractivity contribution >= 4 is 40.4 Å². The summed E-state index contributed by atoms with van der Waals surface area (Å²) in [5.74, 6) is -1.58. The van der Waals surface area contributed by atoms with Crippen LogP contribution in [0.2, 0.25) is 0 Å². The van der Waals surface area contributed by atoms with Crippen LogP contribution in [0.15, 0.2) is 72.8 Å². The van der Waals surface area contributed by atoms with Crippen molar-refractivity contribution in [2.45, 2.75) is 44.8 Å². The summed E-state index contributed by atoms with van der Waals surface area (Å²) in [6, 6.07) is 18.4. The summed E-state index contributed by atoms with van der Waals surface area (Å²) in [6.07, 6.45) is 0.535. The molecule has 3 N–H and O–H groups in total. The molecule has 1 fully saturated rings. The summed E-state index contributed by atoms with van der Waals surface area (Å²) in [7, 11) is 1.58. The van der Waals surface area contributed by atoms with Gasteiger partial charge >= 0.3 is 12.0 Å². The van der Waals surface area contributed by atoms with E-state index in [1.165, 1.54) is 6.07 Å². The molecule has 220 valence electrons. The molecule has 4 aromatic rings. The van der Waals surface area contributed by atoms with Gasteiger partial charge in [0.05, 0.1) is 18.4 Å². The highest BCUT2D eigenvalue weighted by Gasteiger charge is 2.53. The minimum atomic E-state index is -1.15. The lowest BCUT2D eigenvalue weighted by molar-refractivity contribution is -0.139. The van der Waals surface area contributed by atoms with Gasteiger partial charge in [-0.3, -0.25) is 14.5 Å². The number of carboxylic acid groups (broad SMARTS) is 1. The van der Waals surface area contributed by atoms with Crippen LogP contribution in [0, 0.1) is 5.92 Å². The average molecular weight is 581 g/mol. The molecule has 3 aromatic carbocycles. The number of ether oxygens (including phenoxy) is 1. The van der Waals surface area contributed by atoms with Gasteiger partial charge in [-0.05, 0) is 53.8 Å². The first-order valence-electron chi connectivity index (χ1n) is 14.2. The van der Waals surface area contributed by atoms with Gasteiger partial charge in [-0.1, -0.05) is 56.3 Å². The van der Waals surface area contributed by atoms with Crippen LogP contribution < -0.4 is 15.0 Å². The first-order valence-corrected chi connectivity index (χ1v) is 14.2. The van der Waals surface area contributed by atoms with E-state index in [9.17, 15) is 24.3 Å². The molecule has 2 aliphatic rings. The monoisotopic (exact) mass is 580 g/mol. The van der Waals surface area contributed by atoms with Gasteiger partial charge in [0, 0.05) is 23.0 Å². The summed E-state index contributed by atoms with van der Waals surface area (Å²) in [6.45, 7) is 3.73. The fourth-order valence-electron chi connectivity index (χ4n) is 6.22. The van der Waals surface area contributed by atoms with E-state index in [0.717, 1.165) is 32.6 Å². The van der Waals surface area contributed by atoms with E-state index in [1.807, 2.05) is 62.4 Å². The Balaban J connectivity index is 1.42. The predicted octanol–water partition coefficient (Wildman–Crippen LogP) is 4.89. The molecule has 0 unspecified atom stereocenters. The third-order valence-corrected chi connectivity index (χ3v) is 8.18. The number of hydrogen-bond donors (Lipinski definition) is 3. The molecule has 0 bridgehead atoms. The van der Waals surface area contributed by atoms with Gasteiger partial charge in [0.1, 0.15) is 23.9 Å². The van der Waals surface area contributed by atoms with Crippen molar-refractivity contribution in [3.8, 4) is 5.75 Å². The number of aliphatic carboxylic acids is 1. The van der Waals surface area contributed by atoms with Gasteiger partial charge in [-0.15, -0.1) is 0 Å². The van der Waals surface area contributed by atoms with Crippen LogP contribution in [0.25, 0.3) is 10.9 Å². The molecule has 0 radical (unpaired) electrons. The number of nitrogens with zero attached hydrogens (tertiary/aromatic N) is 2. The predicted molar refractivity (Wildman–Crippen MR) is 160 cm³/mol. The van der Waals surface area contributed by atoms with Crippen molar-refractivity contribution in [1.29, 1.82) is 0 Å². The number of amides is 4. The van der Waals surface area contributed by atoms with Gasteiger partial charge in [0.15, 0.2) is 0 Å². The van der Waals surface area contributed by atoms with Gasteiger partial charge in [0.25, 0.3) is 11.8 Å². The highest BCUT2D eigenvalue weighted by Crippen LogP contribution is 2.45. The minimum Gasteiger partial charge on any atom is -0.497 e. The molecular weight excluding hydrogens is 548 g/mol. The Labute approximate surface area is 248 Å². The number of fused-ring (bicyclic) bond motifs is 4. The Morgan fingerprint density at radius 2 is 1.72 bits per heavy atom. The number of aromatic amines is 1. The molecule has 1 saturated heterocycles. The zero-order chi connectivity index (χ0) is 30.4. The van der Waals surface area contributed by atoms with Crippen LogP contribution in [-0.4, -0.2) is 58.0 Å². The number of imide groups is 1. The third kappa shape index (κ3) is 4.78. The average Bonchev–Trinajstić information content (AvgIpc) is 3.49. The van der Waals surface area contributed by atoms with Crippen LogP contribution in [0.4, 0.5) is 10.5 Å². The lowest BCUT2D eigenvalue weighted by atomic mass is 9.89. The molecule has 0 spiro atoms. The zero-order valence-electron chi connectivity index (χ0n) is 24.0. The summed E-state index contributed by atoms with van der Waals surface area (Å²) < 4.78 is 5.35. The molecule has 10 heteroatoms. The smallest absolute Gasteiger partial charge is 0.332 e. The SMILES string of the molecule is COc1ccc([C@@H]2c3[nH]c4ccccc4c3C[C@H]3C(=O)N(c4ccccc4C(=O)N[C@H](CC(C)C)C(=O)O)C(=O)N23)cc1. The normalized spacial score (nSPS) is 18.5. The molecular formula is C33H32N4O6. The number of nitrogens with one attached hydrogen (secondary N) is 2. The molecule has 6 rings (SSSR count). The summed E-state index contributed by atoms with van der Waals surface area (Å²) in [5, 5.41) is 13.2. The quantitative estimate of drug-likeness (QED) is 0.254. The van der Waals surface area contributed by atoms with E-state index < -0.39 is 41.9 Å². The molecule has 0 saturated carbocycles. The van der Waals surface area contributed by atoms with Crippen molar-refractivity contribution in [2.75, 3.05) is 12.0 Å². The number of anilines is 1. The maximum atomic E-state index is 14.3. The van der Waals surface area contributed by atoms with Crippen molar-refractivity contribution in [1.82, 2.24) is 15.2 Å². The summed E-state index contributed by atoms with van der Waals surface area (Å²) >= 11 is 0. The first kappa shape index (κ1) is 28.0. The molecule has 4 amide bonds. The van der Waals surface area contributed by atoms with Gasteiger partial charge in [-0.25, -0.2) is 14.5 Å². The van der Waals surface area contributed by atoms with Gasteiger partial charge in [0.2, 0.25) is 0 Å². The lowest BCUT2D eigenvalue weighted by Crippen LogP contribution is -2.44. The molecule has 10 nitrogen and oxygen atoms in total. The first-order chi connectivity index (χ1) is 20.7. The van der Waals surface area contributed by atoms with E-state index in [1.54, 1.807) is 30.2 Å². The maximum absolute atomic E-state index is 14.3. The second kappa shape index (κ2) is 10.9. The van der Waals surface area contributed by atoms with Gasteiger partial charge in [-0.2, -0.15) is 0 Å². The van der Waals surface area contributed by atoms with Crippen molar-refractivity contribution in [3.63, 3.8) is 0 Å². The Morgan fingerprint density at radius 3 is 2.42 bits per heavy atom. The summed E-state index contributed by atoms with van der Waals surface area (Å²) in [5.41, 5.74) is 3.66. The van der Waals surface area contributed by atoms with Crippen LogP contribution in [0.5, 0.6) is 5.75 Å². The van der Waals surface area contributed by atoms with Crippen molar-refractivity contribution in [2.24, 2.45) is 5.92 Å². The topological polar surface area (TPSA) is 132 Å². The standard InChI is InChI=1S/C33H32N4O6/c1-18(2)16-25(32(40)41)35-30(38)22-9-5-7-11-26(22)37-31(39)27-17-23-21-8-4-6-10-24(21)34-28(23)29(36(27)33(37)42)19-12-14-20(43-3)15-13-19/h4-15,18,25,27,29,34H,16-17H2,1-3H3,(H,35,38)(H,40,41)/t25-,27+,29-/m1/s1. The highest BCUT2D eigenvalue weighted by atomic mass is 16.5. The molecule has 3 atom stereocenters. The number of urea groups is 1. The van der Waals surface area contributed by atoms with E-state index in [4.69, 9.17) is 4.74 Å². The molecule has 3 heterocycles. The number of rotatable bonds is 8. The zero-order valence-corrected chi connectivity index (χ0v) is 24.0. The second-order valence-corrected chi connectivity index (χ2v) is 11.3. The number of carbonyl (C=O) groups is 4. The van der Waals surface area contributed by atoms with Gasteiger partial charge < -0.3 is 20.1 Å². The number of aromatic nitrogens is 1. The number of carbonyl (C=O) groups excluding carboxylic acids is 3. The van der Waals surface area contributed by atoms with Crippen LogP contribution >= 0.6 is 0 Å². The molecule has 43 heavy (non-hydrogen) atoms. The number of benzene rings is 3. The molecule has 2 aliphatic heterocycles. The Kier molecular flexibility index (Phi) is 7.13. The number of carboxylic acids is 1. The Bertz CT molecular complexity index is 1740. The minimum absolute atomic E-state index is 0.0254. The van der Waals surface area contributed by atoms with E-state index >= 15 is 0 Å². The van der Waals surface area contributed by atoms with Crippen LogP contribution in [0.3, 0.4) is 0 Å². The highest BCUT2D eigenvalue weighted by molar-refractivity contribution is 6.24. The largest absolute Gasteiger partial charge is 0.497 e. The third-order valence-electron chi connectivity index (χ3n) is 8.18. The Morgan fingerprint density at radius 1 is 1.02 bits per heavy atom. The number of hydrogen-bond acceptors (Lipinski definition) is 5.